The molecule has 0 aliphatic heterocycles. The maximum Gasteiger partial charge on any atom is 0.139 e. The van der Waals surface area contributed by atoms with Gasteiger partial charge in [0.15, 0.2) is 0 Å². The third-order valence-corrected chi connectivity index (χ3v) is 2.77. The summed E-state index contributed by atoms with van der Waals surface area (Å²) in [5, 5.41) is 11.4. The van der Waals surface area contributed by atoms with E-state index < -0.39 is 0 Å². The van der Waals surface area contributed by atoms with Crippen molar-refractivity contribution in [3.05, 3.63) is 0 Å². The predicted octanol–water partition coefficient (Wildman–Crippen LogP) is 1.42. The third-order valence-electron chi connectivity index (χ3n) is 2.77. The van der Waals surface area contributed by atoms with Gasteiger partial charge in [0.1, 0.15) is 5.84 Å². The molecule has 0 unspecified atom stereocenters. The summed E-state index contributed by atoms with van der Waals surface area (Å²) in [6, 6.07) is 0. The van der Waals surface area contributed by atoms with E-state index in [0.717, 1.165) is 39.0 Å². The minimum atomic E-state index is 0.332. The number of nitrogens with zero attached hydrogens (tertiary/aromatic N) is 3. The van der Waals surface area contributed by atoms with Crippen molar-refractivity contribution >= 4 is 5.84 Å². The molecule has 5 nitrogen and oxygen atoms in total. The molecule has 0 rings (SSSR count). The Kier molecular flexibility index (Phi) is 9.69. The third kappa shape index (κ3) is 10.4. The number of oxime groups is 1. The largest absolute Gasteiger partial charge is 0.409 e. The summed E-state index contributed by atoms with van der Waals surface area (Å²) in [7, 11) is 4.21. The Morgan fingerprint density at radius 1 is 1.17 bits per heavy atom. The zero-order chi connectivity index (χ0) is 14.0. The van der Waals surface area contributed by atoms with Crippen LogP contribution in [-0.4, -0.2) is 61.1 Å². The molecular formula is C13H30N4O. The number of hydrogen-bond acceptors (Lipinski definition) is 4. The van der Waals surface area contributed by atoms with Crippen LogP contribution in [0.25, 0.3) is 0 Å². The summed E-state index contributed by atoms with van der Waals surface area (Å²) in [6.07, 6.45) is 2.75. The minimum Gasteiger partial charge on any atom is -0.409 e. The fourth-order valence-corrected chi connectivity index (χ4v) is 1.84. The van der Waals surface area contributed by atoms with Gasteiger partial charge >= 0.3 is 0 Å². The molecule has 0 saturated carbocycles. The molecule has 108 valence electrons. The van der Waals surface area contributed by atoms with Gasteiger partial charge in [0.2, 0.25) is 0 Å². The first kappa shape index (κ1) is 17.2. The smallest absolute Gasteiger partial charge is 0.139 e. The molecule has 0 fully saturated rings. The summed E-state index contributed by atoms with van der Waals surface area (Å²) in [4.78, 5) is 4.71. The normalized spacial score (nSPS) is 12.9. The van der Waals surface area contributed by atoms with Crippen molar-refractivity contribution in [3.8, 4) is 0 Å². The molecule has 0 radical (unpaired) electrons. The van der Waals surface area contributed by atoms with E-state index in [0.29, 0.717) is 18.2 Å². The lowest BCUT2D eigenvalue weighted by Crippen LogP contribution is -2.35. The van der Waals surface area contributed by atoms with E-state index in [1.165, 1.54) is 0 Å². The lowest BCUT2D eigenvalue weighted by Gasteiger charge is -2.25. The van der Waals surface area contributed by atoms with E-state index >= 15 is 0 Å². The fourth-order valence-electron chi connectivity index (χ4n) is 1.84. The lowest BCUT2D eigenvalue weighted by molar-refractivity contribution is 0.215. The topological polar surface area (TPSA) is 65.1 Å². The molecule has 0 atom stereocenters. The van der Waals surface area contributed by atoms with Crippen LogP contribution in [0.1, 0.15) is 33.1 Å². The molecule has 0 bridgehead atoms. The molecule has 0 aromatic carbocycles. The molecule has 0 aromatic heterocycles. The monoisotopic (exact) mass is 258 g/mol. The number of amidine groups is 1. The SMILES string of the molecule is CC(C)CN(CCCCC(N)=NO)CCN(C)C. The van der Waals surface area contributed by atoms with Crippen molar-refractivity contribution in [1.29, 1.82) is 0 Å². The van der Waals surface area contributed by atoms with Crippen molar-refractivity contribution in [2.45, 2.75) is 33.1 Å². The zero-order valence-electron chi connectivity index (χ0n) is 12.4. The van der Waals surface area contributed by atoms with Gasteiger partial charge in [0.05, 0.1) is 0 Å². The van der Waals surface area contributed by atoms with Crippen molar-refractivity contribution in [2.75, 3.05) is 40.3 Å². The summed E-state index contributed by atoms with van der Waals surface area (Å²) in [5.41, 5.74) is 5.45. The Morgan fingerprint density at radius 3 is 2.33 bits per heavy atom. The van der Waals surface area contributed by atoms with Gasteiger partial charge in [-0.1, -0.05) is 19.0 Å². The van der Waals surface area contributed by atoms with E-state index in [1.54, 1.807) is 0 Å². The van der Waals surface area contributed by atoms with E-state index in [4.69, 9.17) is 10.9 Å². The Morgan fingerprint density at radius 2 is 1.83 bits per heavy atom. The molecule has 18 heavy (non-hydrogen) atoms. The molecule has 0 aliphatic rings. The Bertz CT molecular complexity index is 229. The van der Waals surface area contributed by atoms with E-state index in [1.807, 2.05) is 0 Å². The van der Waals surface area contributed by atoms with Gasteiger partial charge in [0.25, 0.3) is 0 Å². The highest BCUT2D eigenvalue weighted by atomic mass is 16.4. The van der Waals surface area contributed by atoms with E-state index in [-0.39, 0.29) is 0 Å². The second-order valence-corrected chi connectivity index (χ2v) is 5.55. The van der Waals surface area contributed by atoms with Gasteiger partial charge in [-0.25, -0.2) is 0 Å². The first-order valence-electron chi connectivity index (χ1n) is 6.79. The summed E-state index contributed by atoms with van der Waals surface area (Å²) in [5.74, 6) is 1.02. The minimum absolute atomic E-state index is 0.332. The maximum atomic E-state index is 8.45. The summed E-state index contributed by atoms with van der Waals surface area (Å²) in [6.45, 7) is 8.92. The Hall–Kier alpha value is -0.810. The molecule has 0 aromatic rings. The van der Waals surface area contributed by atoms with Gasteiger partial charge in [0, 0.05) is 26.1 Å². The molecule has 0 aliphatic carbocycles. The highest BCUT2D eigenvalue weighted by molar-refractivity contribution is 5.79. The molecule has 0 amide bonds. The average Bonchev–Trinajstić information content (AvgIpc) is 2.30. The maximum absolute atomic E-state index is 8.45. The number of unbranched alkanes of at least 4 members (excludes halogenated alkanes) is 1. The Labute approximate surface area is 112 Å². The average molecular weight is 258 g/mol. The first-order chi connectivity index (χ1) is 8.45. The second-order valence-electron chi connectivity index (χ2n) is 5.55. The summed E-state index contributed by atoms with van der Waals surface area (Å²) >= 11 is 0. The quantitative estimate of drug-likeness (QED) is 0.204. The van der Waals surface area contributed by atoms with Gasteiger partial charge in [-0.05, 0) is 39.4 Å². The molecular weight excluding hydrogens is 228 g/mol. The number of nitrogens with two attached hydrogens (primary N) is 1. The van der Waals surface area contributed by atoms with Crippen molar-refractivity contribution in [3.63, 3.8) is 0 Å². The number of likely N-dealkylation sites (N-methyl/N-ethyl adjacent to an activating group) is 1. The molecule has 0 spiro atoms. The van der Waals surface area contributed by atoms with Crippen LogP contribution in [0, 0.1) is 5.92 Å². The Balaban J connectivity index is 3.85. The summed E-state index contributed by atoms with van der Waals surface area (Å²) < 4.78 is 0. The molecule has 5 heteroatoms. The van der Waals surface area contributed by atoms with Gasteiger partial charge < -0.3 is 20.7 Å². The van der Waals surface area contributed by atoms with Gasteiger partial charge in [-0.2, -0.15) is 0 Å². The molecule has 3 N–H and O–H groups in total. The highest BCUT2D eigenvalue weighted by Crippen LogP contribution is 2.03. The van der Waals surface area contributed by atoms with Crippen LogP contribution in [0.3, 0.4) is 0 Å². The molecule has 0 saturated heterocycles. The van der Waals surface area contributed by atoms with Gasteiger partial charge in [-0.3, -0.25) is 0 Å². The standard InChI is InChI=1S/C13H30N4O/c1-12(2)11-17(10-9-16(3)4)8-6-5-7-13(14)15-18/h12,18H,5-11H2,1-4H3,(H2,14,15). The number of hydrogen-bond donors (Lipinski definition) is 2. The van der Waals surface area contributed by atoms with Crippen LogP contribution in [0.2, 0.25) is 0 Å². The van der Waals surface area contributed by atoms with Crippen LogP contribution >= 0.6 is 0 Å². The second kappa shape index (κ2) is 10.1. The van der Waals surface area contributed by atoms with Crippen LogP contribution in [0.4, 0.5) is 0 Å². The lowest BCUT2D eigenvalue weighted by atomic mass is 10.1. The van der Waals surface area contributed by atoms with Crippen molar-refractivity contribution in [2.24, 2.45) is 16.8 Å². The van der Waals surface area contributed by atoms with E-state index in [9.17, 15) is 0 Å². The van der Waals surface area contributed by atoms with Crippen molar-refractivity contribution in [1.82, 2.24) is 9.80 Å². The highest BCUT2D eigenvalue weighted by Gasteiger charge is 2.07. The van der Waals surface area contributed by atoms with Crippen LogP contribution < -0.4 is 5.73 Å². The van der Waals surface area contributed by atoms with Crippen LogP contribution in [0.5, 0.6) is 0 Å². The number of rotatable bonds is 10. The zero-order valence-corrected chi connectivity index (χ0v) is 12.4. The first-order valence-corrected chi connectivity index (χ1v) is 6.79. The van der Waals surface area contributed by atoms with Crippen LogP contribution in [-0.2, 0) is 0 Å². The van der Waals surface area contributed by atoms with E-state index in [2.05, 4.69) is 42.9 Å². The van der Waals surface area contributed by atoms with Gasteiger partial charge in [-0.15, -0.1) is 0 Å². The fraction of sp³-hybridized carbons (Fsp3) is 0.923. The predicted molar refractivity (Wildman–Crippen MR) is 77.1 cm³/mol. The van der Waals surface area contributed by atoms with Crippen LogP contribution in [0.15, 0.2) is 5.16 Å². The molecule has 0 heterocycles. The van der Waals surface area contributed by atoms with Crippen molar-refractivity contribution < 1.29 is 5.21 Å².